The van der Waals surface area contributed by atoms with Gasteiger partial charge in [-0.25, -0.2) is 4.98 Å². The number of nitrogens with two attached hydrogens (primary N) is 1. The molecule has 1 heterocycles. The zero-order chi connectivity index (χ0) is 17.6. The van der Waals surface area contributed by atoms with E-state index >= 15 is 0 Å². The van der Waals surface area contributed by atoms with E-state index < -0.39 is 0 Å². The molecule has 1 fully saturated rings. The summed E-state index contributed by atoms with van der Waals surface area (Å²) in [6, 6.07) is 9.75. The molecule has 3 N–H and O–H groups in total. The average molecular weight is 376 g/mol. The Morgan fingerprint density at radius 2 is 1.96 bits per heavy atom. The topological polar surface area (TPSA) is 85.1 Å². The van der Waals surface area contributed by atoms with E-state index in [4.69, 9.17) is 5.73 Å². The Kier molecular flexibility index (Phi) is 6.09. The molecule has 1 aromatic heterocycles. The number of carbonyl (C=O) groups excluding carboxylic acids is 2. The van der Waals surface area contributed by atoms with E-state index in [1.807, 2.05) is 30.3 Å². The lowest BCUT2D eigenvalue weighted by Crippen LogP contribution is -2.14. The van der Waals surface area contributed by atoms with Gasteiger partial charge < -0.3 is 11.1 Å². The fourth-order valence-corrected chi connectivity index (χ4v) is 4.85. The van der Waals surface area contributed by atoms with Gasteiger partial charge in [0.2, 0.25) is 11.8 Å². The zero-order valence-corrected chi connectivity index (χ0v) is 15.5. The molecular formula is C18H21N3O2S2. The summed E-state index contributed by atoms with van der Waals surface area (Å²) in [5, 5.41) is 3.77. The molecule has 0 spiro atoms. The Bertz CT molecular complexity index is 740. The van der Waals surface area contributed by atoms with E-state index in [0.29, 0.717) is 12.3 Å². The van der Waals surface area contributed by atoms with Crippen LogP contribution in [0.2, 0.25) is 0 Å². The second-order valence-electron chi connectivity index (χ2n) is 6.18. The average Bonchev–Trinajstić information content (AvgIpc) is 3.23. The third-order valence-electron chi connectivity index (χ3n) is 4.19. The monoisotopic (exact) mass is 375 g/mol. The SMILES string of the molecule is NC(=O)CSc1nc(-c2ccccc2)c(NC(=O)CC2CCCC2)s1. The van der Waals surface area contributed by atoms with Crippen LogP contribution in [0.5, 0.6) is 0 Å². The highest BCUT2D eigenvalue weighted by Gasteiger charge is 2.21. The normalized spacial score (nSPS) is 14.6. The first-order valence-corrected chi connectivity index (χ1v) is 10.2. The molecule has 1 saturated carbocycles. The summed E-state index contributed by atoms with van der Waals surface area (Å²) in [4.78, 5) is 28.0. The van der Waals surface area contributed by atoms with Crippen LogP contribution < -0.4 is 11.1 Å². The maximum Gasteiger partial charge on any atom is 0.227 e. The predicted octanol–water partition coefficient (Wildman–Crippen LogP) is 3.91. The Morgan fingerprint density at radius 3 is 2.64 bits per heavy atom. The maximum absolute atomic E-state index is 12.4. The van der Waals surface area contributed by atoms with Crippen molar-refractivity contribution in [1.82, 2.24) is 4.98 Å². The van der Waals surface area contributed by atoms with Crippen molar-refractivity contribution in [2.75, 3.05) is 11.1 Å². The van der Waals surface area contributed by atoms with Crippen LogP contribution in [0.1, 0.15) is 32.1 Å². The van der Waals surface area contributed by atoms with Crippen LogP contribution >= 0.6 is 23.1 Å². The van der Waals surface area contributed by atoms with Crippen LogP contribution in [0.15, 0.2) is 34.7 Å². The van der Waals surface area contributed by atoms with Crippen molar-refractivity contribution in [2.24, 2.45) is 11.7 Å². The molecule has 2 amide bonds. The number of rotatable bonds is 7. The maximum atomic E-state index is 12.4. The lowest BCUT2D eigenvalue weighted by Gasteiger charge is -2.09. The van der Waals surface area contributed by atoms with E-state index in [0.717, 1.165) is 33.4 Å². The molecular weight excluding hydrogens is 354 g/mol. The van der Waals surface area contributed by atoms with Crippen LogP contribution in [0.4, 0.5) is 5.00 Å². The summed E-state index contributed by atoms with van der Waals surface area (Å²) in [5.74, 6) is 0.335. The number of benzene rings is 1. The van der Waals surface area contributed by atoms with E-state index in [-0.39, 0.29) is 17.6 Å². The summed E-state index contributed by atoms with van der Waals surface area (Å²) in [6.45, 7) is 0. The minimum atomic E-state index is -0.381. The molecule has 0 unspecified atom stereocenters. The smallest absolute Gasteiger partial charge is 0.227 e. The number of anilines is 1. The third kappa shape index (κ3) is 5.06. The summed E-state index contributed by atoms with van der Waals surface area (Å²) < 4.78 is 0.730. The van der Waals surface area contributed by atoms with Crippen molar-refractivity contribution < 1.29 is 9.59 Å². The number of aromatic nitrogens is 1. The molecule has 3 rings (SSSR count). The van der Waals surface area contributed by atoms with E-state index in [2.05, 4.69) is 10.3 Å². The van der Waals surface area contributed by atoms with Crippen molar-refractivity contribution >= 4 is 39.9 Å². The summed E-state index contributed by atoms with van der Waals surface area (Å²) in [6.07, 6.45) is 5.29. The van der Waals surface area contributed by atoms with Crippen LogP contribution in [-0.4, -0.2) is 22.6 Å². The van der Waals surface area contributed by atoms with Crippen LogP contribution in [-0.2, 0) is 9.59 Å². The molecule has 5 nitrogen and oxygen atoms in total. The van der Waals surface area contributed by atoms with Gasteiger partial charge in [-0.05, 0) is 18.8 Å². The molecule has 7 heteroatoms. The van der Waals surface area contributed by atoms with Gasteiger partial charge in [0.25, 0.3) is 0 Å². The Hall–Kier alpha value is -1.86. The number of amides is 2. The van der Waals surface area contributed by atoms with E-state index in [1.54, 1.807) is 0 Å². The van der Waals surface area contributed by atoms with Crippen LogP contribution in [0.3, 0.4) is 0 Å². The van der Waals surface area contributed by atoms with E-state index in [9.17, 15) is 9.59 Å². The number of nitrogens with one attached hydrogen (secondary N) is 1. The van der Waals surface area contributed by atoms with Crippen molar-refractivity contribution in [3.8, 4) is 11.3 Å². The van der Waals surface area contributed by atoms with Crippen molar-refractivity contribution in [3.05, 3.63) is 30.3 Å². The number of thiazole rings is 1. The van der Waals surface area contributed by atoms with Gasteiger partial charge in [-0.2, -0.15) is 0 Å². The Labute approximate surface area is 155 Å². The molecule has 25 heavy (non-hydrogen) atoms. The number of nitrogens with zero attached hydrogens (tertiary/aromatic N) is 1. The molecule has 0 bridgehead atoms. The minimum Gasteiger partial charge on any atom is -0.369 e. The summed E-state index contributed by atoms with van der Waals surface area (Å²) in [7, 11) is 0. The van der Waals surface area contributed by atoms with Crippen LogP contribution in [0, 0.1) is 5.92 Å². The third-order valence-corrected chi connectivity index (χ3v) is 6.33. The lowest BCUT2D eigenvalue weighted by molar-refractivity contribution is -0.117. The van der Waals surface area contributed by atoms with Gasteiger partial charge in [-0.1, -0.05) is 66.3 Å². The number of thioether (sulfide) groups is 1. The summed E-state index contributed by atoms with van der Waals surface area (Å²) >= 11 is 2.69. The number of carbonyl (C=O) groups is 2. The van der Waals surface area contributed by atoms with Gasteiger partial charge in [-0.3, -0.25) is 9.59 Å². The van der Waals surface area contributed by atoms with Gasteiger partial charge in [-0.15, -0.1) is 0 Å². The molecule has 0 saturated heterocycles. The molecule has 0 aliphatic heterocycles. The fraction of sp³-hybridized carbons (Fsp3) is 0.389. The van der Waals surface area contributed by atoms with Crippen LogP contribution in [0.25, 0.3) is 11.3 Å². The van der Waals surface area contributed by atoms with E-state index in [1.165, 1.54) is 35.9 Å². The first-order chi connectivity index (χ1) is 12.1. The van der Waals surface area contributed by atoms with Crippen molar-refractivity contribution in [3.63, 3.8) is 0 Å². The predicted molar refractivity (Wildman–Crippen MR) is 103 cm³/mol. The van der Waals surface area contributed by atoms with Gasteiger partial charge in [0.1, 0.15) is 10.7 Å². The minimum absolute atomic E-state index is 0.0409. The highest BCUT2D eigenvalue weighted by Crippen LogP contribution is 2.38. The largest absolute Gasteiger partial charge is 0.369 e. The molecule has 0 radical (unpaired) electrons. The molecule has 2 aromatic rings. The standard InChI is InChI=1S/C18H21N3O2S2/c19-14(22)11-24-18-21-16(13-8-2-1-3-9-13)17(25-18)20-15(23)10-12-6-4-5-7-12/h1-3,8-9,12H,4-7,10-11H2,(H2,19,22)(H,20,23). The molecule has 1 aliphatic carbocycles. The van der Waals surface area contributed by atoms with Crippen molar-refractivity contribution in [1.29, 1.82) is 0 Å². The second-order valence-corrected chi connectivity index (χ2v) is 8.40. The summed E-state index contributed by atoms with van der Waals surface area (Å²) in [5.41, 5.74) is 6.91. The fourth-order valence-electron chi connectivity index (χ4n) is 3.03. The highest BCUT2D eigenvalue weighted by molar-refractivity contribution is 8.01. The molecule has 132 valence electrons. The van der Waals surface area contributed by atoms with Crippen molar-refractivity contribution in [2.45, 2.75) is 36.4 Å². The number of primary amides is 1. The number of hydrogen-bond donors (Lipinski definition) is 2. The highest BCUT2D eigenvalue weighted by atomic mass is 32.2. The Morgan fingerprint density at radius 1 is 1.24 bits per heavy atom. The molecule has 0 atom stereocenters. The first-order valence-electron chi connectivity index (χ1n) is 8.39. The number of hydrogen-bond acceptors (Lipinski definition) is 5. The van der Waals surface area contributed by atoms with Gasteiger partial charge in [0, 0.05) is 12.0 Å². The zero-order valence-electron chi connectivity index (χ0n) is 13.9. The first kappa shape index (κ1) is 17.9. The molecule has 1 aromatic carbocycles. The van der Waals surface area contributed by atoms with Gasteiger partial charge in [0.05, 0.1) is 5.75 Å². The Balaban J connectivity index is 1.77. The van der Waals surface area contributed by atoms with Gasteiger partial charge >= 0.3 is 0 Å². The second kappa shape index (κ2) is 8.49. The lowest BCUT2D eigenvalue weighted by atomic mass is 10.0. The molecule has 1 aliphatic rings. The quantitative estimate of drug-likeness (QED) is 0.719. The van der Waals surface area contributed by atoms with Gasteiger partial charge in [0.15, 0.2) is 4.34 Å².